The van der Waals surface area contributed by atoms with Crippen molar-refractivity contribution in [3.63, 3.8) is 0 Å². The lowest BCUT2D eigenvalue weighted by atomic mass is 9.83. The van der Waals surface area contributed by atoms with E-state index in [-0.39, 0.29) is 6.04 Å². The van der Waals surface area contributed by atoms with E-state index in [9.17, 15) is 0 Å². The van der Waals surface area contributed by atoms with E-state index in [1.165, 1.54) is 31.2 Å². The minimum Gasteiger partial charge on any atom is -0.497 e. The SMILES string of the molecule is COc1cccc(CCCCCCC(N)CCCCB(O)O)c1. The molecule has 0 fully saturated rings. The summed E-state index contributed by atoms with van der Waals surface area (Å²) in [6.45, 7) is 0. The number of hydrogen-bond donors (Lipinski definition) is 3. The number of benzene rings is 1. The first-order chi connectivity index (χ1) is 11.1. The molecule has 0 amide bonds. The summed E-state index contributed by atoms with van der Waals surface area (Å²) in [7, 11) is 0.532. The van der Waals surface area contributed by atoms with Crippen LogP contribution in [0.2, 0.25) is 6.32 Å². The topological polar surface area (TPSA) is 75.7 Å². The third-order valence-corrected chi connectivity index (χ3v) is 4.21. The first-order valence-corrected chi connectivity index (χ1v) is 8.86. The van der Waals surface area contributed by atoms with E-state index in [4.69, 9.17) is 20.5 Å². The van der Waals surface area contributed by atoms with E-state index >= 15 is 0 Å². The number of ether oxygens (including phenoxy) is 1. The Kier molecular flexibility index (Phi) is 10.8. The van der Waals surface area contributed by atoms with Crippen LogP contribution in [0.25, 0.3) is 0 Å². The summed E-state index contributed by atoms with van der Waals surface area (Å²) in [5.41, 5.74) is 7.43. The van der Waals surface area contributed by atoms with Crippen LogP contribution >= 0.6 is 0 Å². The van der Waals surface area contributed by atoms with Gasteiger partial charge in [0.1, 0.15) is 5.75 Å². The summed E-state index contributed by atoms with van der Waals surface area (Å²) in [5.74, 6) is 0.933. The van der Waals surface area contributed by atoms with E-state index in [1.54, 1.807) is 7.11 Å². The number of unbranched alkanes of at least 4 members (excludes halogenated alkanes) is 4. The van der Waals surface area contributed by atoms with Crippen molar-refractivity contribution in [2.75, 3.05) is 7.11 Å². The molecule has 1 rings (SSSR count). The van der Waals surface area contributed by atoms with Crippen molar-refractivity contribution < 1.29 is 14.8 Å². The normalized spacial score (nSPS) is 12.2. The first kappa shape index (κ1) is 20.0. The third-order valence-electron chi connectivity index (χ3n) is 4.21. The molecule has 1 aromatic rings. The zero-order chi connectivity index (χ0) is 16.9. The van der Waals surface area contributed by atoms with E-state index in [2.05, 4.69) is 12.1 Å². The summed E-state index contributed by atoms with van der Waals surface area (Å²) >= 11 is 0. The van der Waals surface area contributed by atoms with Crippen LogP contribution in [-0.4, -0.2) is 30.3 Å². The molecule has 0 radical (unpaired) electrons. The van der Waals surface area contributed by atoms with Gasteiger partial charge in [-0.2, -0.15) is 0 Å². The lowest BCUT2D eigenvalue weighted by Gasteiger charge is -2.11. The first-order valence-electron chi connectivity index (χ1n) is 8.86. The fraction of sp³-hybridized carbons (Fsp3) is 0.667. The maximum atomic E-state index is 8.77. The Morgan fingerprint density at radius 2 is 1.74 bits per heavy atom. The van der Waals surface area contributed by atoms with Crippen LogP contribution < -0.4 is 10.5 Å². The number of hydrogen-bond acceptors (Lipinski definition) is 4. The number of rotatable bonds is 13. The molecule has 0 aliphatic heterocycles. The Balaban J connectivity index is 1.98. The molecule has 130 valence electrons. The van der Waals surface area contributed by atoms with E-state index in [0.29, 0.717) is 6.32 Å². The molecule has 0 aromatic heterocycles. The Morgan fingerprint density at radius 3 is 2.43 bits per heavy atom. The average molecular weight is 321 g/mol. The summed E-state index contributed by atoms with van der Waals surface area (Å²) < 4.78 is 5.24. The van der Waals surface area contributed by atoms with Crippen molar-refractivity contribution in [1.82, 2.24) is 0 Å². The lowest BCUT2D eigenvalue weighted by Crippen LogP contribution is -2.19. The Hall–Kier alpha value is -1.04. The maximum Gasteiger partial charge on any atom is 0.451 e. The van der Waals surface area contributed by atoms with E-state index in [0.717, 1.165) is 37.9 Å². The molecule has 4 N–H and O–H groups in total. The van der Waals surface area contributed by atoms with Gasteiger partial charge in [0.15, 0.2) is 0 Å². The second-order valence-electron chi connectivity index (χ2n) is 6.33. The quantitative estimate of drug-likeness (QED) is 0.385. The highest BCUT2D eigenvalue weighted by atomic mass is 16.5. The number of nitrogens with two attached hydrogens (primary N) is 1. The largest absolute Gasteiger partial charge is 0.497 e. The molecule has 23 heavy (non-hydrogen) atoms. The second-order valence-corrected chi connectivity index (χ2v) is 6.33. The van der Waals surface area contributed by atoms with Crippen LogP contribution in [0.3, 0.4) is 0 Å². The molecule has 5 heteroatoms. The van der Waals surface area contributed by atoms with Gasteiger partial charge in [-0.25, -0.2) is 0 Å². The Morgan fingerprint density at radius 1 is 1.04 bits per heavy atom. The zero-order valence-corrected chi connectivity index (χ0v) is 14.4. The fourth-order valence-corrected chi connectivity index (χ4v) is 2.79. The van der Waals surface area contributed by atoms with Gasteiger partial charge in [0.25, 0.3) is 0 Å². The van der Waals surface area contributed by atoms with E-state index < -0.39 is 7.12 Å². The molecule has 1 atom stereocenters. The standard InChI is InChI=1S/C18H32BNO3/c1-23-18-13-8-10-16(15-18)9-4-2-3-5-11-17(20)12-6-7-14-19(21)22/h8,10,13,15,17,21-22H,2-7,9,11-12,14,20H2,1H3. The predicted octanol–water partition coefficient (Wildman–Crippen LogP) is 3.16. The maximum absolute atomic E-state index is 8.77. The minimum absolute atomic E-state index is 0.254. The summed E-state index contributed by atoms with van der Waals surface area (Å²) in [6.07, 6.45) is 10.3. The highest BCUT2D eigenvalue weighted by Crippen LogP contribution is 2.16. The highest BCUT2D eigenvalue weighted by Gasteiger charge is 2.07. The smallest absolute Gasteiger partial charge is 0.451 e. The lowest BCUT2D eigenvalue weighted by molar-refractivity contribution is 0.400. The predicted molar refractivity (Wildman–Crippen MR) is 96.6 cm³/mol. The van der Waals surface area contributed by atoms with Crippen molar-refractivity contribution >= 4 is 7.12 Å². The van der Waals surface area contributed by atoms with Crippen LogP contribution in [0, 0.1) is 0 Å². The van der Waals surface area contributed by atoms with Crippen molar-refractivity contribution in [3.05, 3.63) is 29.8 Å². The molecule has 4 nitrogen and oxygen atoms in total. The van der Waals surface area contributed by atoms with Gasteiger partial charge in [0, 0.05) is 6.04 Å². The van der Waals surface area contributed by atoms with Crippen LogP contribution in [0.5, 0.6) is 5.75 Å². The van der Waals surface area contributed by atoms with Crippen molar-refractivity contribution in [2.24, 2.45) is 5.73 Å². The molecule has 0 saturated heterocycles. The van der Waals surface area contributed by atoms with Gasteiger partial charge in [-0.05, 0) is 49.7 Å². The Labute approximate surface area is 141 Å². The third kappa shape index (κ3) is 10.4. The van der Waals surface area contributed by atoms with Crippen molar-refractivity contribution in [2.45, 2.75) is 70.1 Å². The molecule has 0 aliphatic carbocycles. The van der Waals surface area contributed by atoms with Gasteiger partial charge in [-0.15, -0.1) is 0 Å². The van der Waals surface area contributed by atoms with Gasteiger partial charge in [0.2, 0.25) is 0 Å². The molecule has 0 bridgehead atoms. The van der Waals surface area contributed by atoms with Gasteiger partial charge in [-0.1, -0.05) is 44.2 Å². The molecular weight excluding hydrogens is 289 g/mol. The van der Waals surface area contributed by atoms with E-state index in [1.807, 2.05) is 12.1 Å². The zero-order valence-electron chi connectivity index (χ0n) is 14.4. The van der Waals surface area contributed by atoms with Crippen LogP contribution in [0.4, 0.5) is 0 Å². The van der Waals surface area contributed by atoms with Crippen LogP contribution in [-0.2, 0) is 6.42 Å². The second kappa shape index (κ2) is 12.4. The molecule has 0 spiro atoms. The molecule has 0 saturated carbocycles. The monoisotopic (exact) mass is 321 g/mol. The highest BCUT2D eigenvalue weighted by molar-refractivity contribution is 6.40. The molecule has 1 aromatic carbocycles. The summed E-state index contributed by atoms with van der Waals surface area (Å²) in [6, 6.07) is 8.54. The summed E-state index contributed by atoms with van der Waals surface area (Å²) in [4.78, 5) is 0. The molecule has 1 unspecified atom stereocenters. The van der Waals surface area contributed by atoms with Crippen LogP contribution in [0.15, 0.2) is 24.3 Å². The minimum atomic E-state index is -1.17. The van der Waals surface area contributed by atoms with Crippen molar-refractivity contribution in [3.8, 4) is 5.75 Å². The van der Waals surface area contributed by atoms with Gasteiger partial charge in [-0.3, -0.25) is 0 Å². The molecular formula is C18H32BNO3. The molecule has 0 aliphatic rings. The van der Waals surface area contributed by atoms with Gasteiger partial charge < -0.3 is 20.5 Å². The van der Waals surface area contributed by atoms with Gasteiger partial charge in [0.05, 0.1) is 7.11 Å². The number of methoxy groups -OCH3 is 1. The van der Waals surface area contributed by atoms with Crippen LogP contribution in [0.1, 0.15) is 56.9 Å². The van der Waals surface area contributed by atoms with Crippen molar-refractivity contribution in [1.29, 1.82) is 0 Å². The number of aryl methyl sites for hydroxylation is 1. The average Bonchev–Trinajstić information content (AvgIpc) is 2.55. The van der Waals surface area contributed by atoms with Gasteiger partial charge >= 0.3 is 7.12 Å². The fourth-order valence-electron chi connectivity index (χ4n) is 2.79. The Bertz CT molecular complexity index is 415. The molecule has 0 heterocycles. The summed E-state index contributed by atoms with van der Waals surface area (Å²) in [5, 5.41) is 17.5.